The van der Waals surface area contributed by atoms with Crippen molar-refractivity contribution in [3.8, 4) is 0 Å². The third-order valence-electron chi connectivity index (χ3n) is 0.691. The quantitative estimate of drug-likeness (QED) is 0.331. The topological polar surface area (TPSA) is 98.3 Å². The molecule has 0 saturated carbocycles. The Morgan fingerprint density at radius 3 is 1.62 bits per heavy atom. The van der Waals surface area contributed by atoms with Gasteiger partial charge in [0.1, 0.15) is 0 Å². The van der Waals surface area contributed by atoms with E-state index >= 15 is 0 Å². The molecule has 0 unspecified atom stereocenters. The van der Waals surface area contributed by atoms with Crippen LogP contribution in [0.2, 0.25) is 0 Å². The number of hydrogen-bond donors (Lipinski definition) is 1. The van der Waals surface area contributed by atoms with Crippen LogP contribution in [0.1, 0.15) is 6.42 Å². The summed E-state index contributed by atoms with van der Waals surface area (Å²) in [5.74, 6) is 0. The maximum absolute atomic E-state index is 8.55. The molecule has 0 amide bonds. The fourth-order valence-electron chi connectivity index (χ4n) is 0.417. The minimum absolute atomic E-state index is 0. The van der Waals surface area contributed by atoms with Crippen molar-refractivity contribution in [2.24, 2.45) is 0 Å². The molecule has 0 aromatic carbocycles. The van der Waals surface area contributed by atoms with Crippen LogP contribution < -0.4 is 109 Å². The third-order valence-corrected chi connectivity index (χ3v) is 0.691. The standard InChI is InChI=1S/C4H7N.3Na.H3O4P/c1-2-4-5-3-1;;;;1-5(2,3)4/h1,3,5H,2,4H2;;;;(H3,1,2,3,4)/q;3*+1;/p-3. The first-order valence-corrected chi connectivity index (χ1v) is 4.07. The van der Waals surface area contributed by atoms with Gasteiger partial charge in [-0.15, -0.1) is 0 Å². The Bertz CT molecular complexity index is 147. The smallest absolute Gasteiger partial charge is 0.822 e. The summed E-state index contributed by atoms with van der Waals surface area (Å²) in [5.41, 5.74) is 0. The van der Waals surface area contributed by atoms with Gasteiger partial charge >= 0.3 is 88.7 Å². The van der Waals surface area contributed by atoms with Crippen molar-refractivity contribution in [3.05, 3.63) is 12.3 Å². The Morgan fingerprint density at radius 1 is 1.15 bits per heavy atom. The van der Waals surface area contributed by atoms with Gasteiger partial charge in [-0.2, -0.15) is 7.82 Å². The van der Waals surface area contributed by atoms with E-state index in [0.717, 1.165) is 6.54 Å². The van der Waals surface area contributed by atoms with Gasteiger partial charge < -0.3 is 24.6 Å². The molecule has 0 atom stereocenters. The molecule has 0 aliphatic carbocycles. The molecule has 1 aliphatic rings. The second-order valence-corrected chi connectivity index (χ2v) is 2.49. The molecule has 60 valence electrons. The first kappa shape index (κ1) is 24.7. The van der Waals surface area contributed by atoms with Gasteiger partial charge in [0.05, 0.1) is 0 Å². The van der Waals surface area contributed by atoms with Gasteiger partial charge in [-0.05, 0) is 12.6 Å². The molecule has 9 heteroatoms. The predicted octanol–water partition coefficient (Wildman–Crippen LogP) is -11.3. The maximum atomic E-state index is 8.55. The van der Waals surface area contributed by atoms with Gasteiger partial charge in [-0.25, -0.2) is 0 Å². The second kappa shape index (κ2) is 14.6. The van der Waals surface area contributed by atoms with Gasteiger partial charge in [-0.1, -0.05) is 6.08 Å². The molecule has 13 heavy (non-hydrogen) atoms. The van der Waals surface area contributed by atoms with Crippen LogP contribution in [0.15, 0.2) is 12.3 Å². The summed E-state index contributed by atoms with van der Waals surface area (Å²) in [4.78, 5) is 25.6. The Balaban J connectivity index is -0.0000000506. The Morgan fingerprint density at radius 2 is 1.54 bits per heavy atom. The summed E-state index contributed by atoms with van der Waals surface area (Å²) in [6.45, 7) is 1.14. The van der Waals surface area contributed by atoms with E-state index in [4.69, 9.17) is 19.2 Å². The zero-order valence-corrected chi connectivity index (χ0v) is 15.0. The molecule has 0 spiro atoms. The predicted molar refractivity (Wildman–Crippen MR) is 29.4 cm³/mol. The molecule has 5 nitrogen and oxygen atoms in total. The van der Waals surface area contributed by atoms with E-state index in [1.54, 1.807) is 0 Å². The molecule has 0 aromatic heterocycles. The van der Waals surface area contributed by atoms with Crippen molar-refractivity contribution in [1.29, 1.82) is 0 Å². The molecular formula is C4H7NNa3O4P. The normalized spacial score (nSPS) is 11.9. The fraction of sp³-hybridized carbons (Fsp3) is 0.500. The van der Waals surface area contributed by atoms with E-state index in [2.05, 4.69) is 11.4 Å². The van der Waals surface area contributed by atoms with Crippen LogP contribution >= 0.6 is 7.82 Å². The van der Waals surface area contributed by atoms with Crippen LogP contribution in [0.4, 0.5) is 0 Å². The average molecular weight is 233 g/mol. The molecule has 0 radical (unpaired) electrons. The monoisotopic (exact) mass is 233 g/mol. The van der Waals surface area contributed by atoms with Crippen molar-refractivity contribution >= 4 is 7.82 Å². The molecule has 1 heterocycles. The number of rotatable bonds is 0. The van der Waals surface area contributed by atoms with Crippen LogP contribution in [-0.2, 0) is 4.57 Å². The first-order valence-electron chi connectivity index (χ1n) is 2.61. The summed E-state index contributed by atoms with van der Waals surface area (Å²) in [6.07, 6.45) is 5.32. The minimum atomic E-state index is -5.39. The Labute approximate surface area is 144 Å². The molecule has 0 saturated heterocycles. The van der Waals surface area contributed by atoms with E-state index in [1.807, 2.05) is 6.20 Å². The summed E-state index contributed by atoms with van der Waals surface area (Å²) in [5, 5.41) is 3.04. The summed E-state index contributed by atoms with van der Waals surface area (Å²) < 4.78 is 8.55. The number of nitrogens with one attached hydrogen (secondary N) is 1. The molecule has 0 aromatic rings. The van der Waals surface area contributed by atoms with Gasteiger partial charge in [-0.3, -0.25) is 0 Å². The molecule has 0 fully saturated rings. The molecule has 0 bridgehead atoms. The molecular weight excluding hydrogens is 226 g/mol. The van der Waals surface area contributed by atoms with Gasteiger partial charge in [0, 0.05) is 6.54 Å². The fourth-order valence-corrected chi connectivity index (χ4v) is 0.417. The van der Waals surface area contributed by atoms with E-state index < -0.39 is 7.82 Å². The van der Waals surface area contributed by atoms with E-state index in [-0.39, 0.29) is 88.7 Å². The van der Waals surface area contributed by atoms with E-state index in [0.29, 0.717) is 0 Å². The van der Waals surface area contributed by atoms with Crippen LogP contribution in [0.3, 0.4) is 0 Å². The zero-order valence-electron chi connectivity index (χ0n) is 8.15. The summed E-state index contributed by atoms with van der Waals surface area (Å²) >= 11 is 0. The van der Waals surface area contributed by atoms with Crippen molar-refractivity contribution < 1.29 is 108 Å². The Kier molecular flexibility index (Phi) is 27.9. The minimum Gasteiger partial charge on any atom is -0.822 e. The summed E-state index contributed by atoms with van der Waals surface area (Å²) in [7, 11) is -5.39. The molecule has 1 rings (SSSR count). The van der Waals surface area contributed by atoms with E-state index in [1.165, 1.54) is 6.42 Å². The van der Waals surface area contributed by atoms with Crippen molar-refractivity contribution in [1.82, 2.24) is 5.32 Å². The third kappa shape index (κ3) is 40.1. The number of phosphoric acid groups is 1. The zero-order chi connectivity index (χ0) is 8.04. The molecule has 1 aliphatic heterocycles. The van der Waals surface area contributed by atoms with E-state index in [9.17, 15) is 0 Å². The second-order valence-electron chi connectivity index (χ2n) is 1.59. The average Bonchev–Trinajstić information content (AvgIpc) is 2.07. The van der Waals surface area contributed by atoms with Crippen LogP contribution in [0.25, 0.3) is 0 Å². The van der Waals surface area contributed by atoms with Crippen molar-refractivity contribution in [3.63, 3.8) is 0 Å². The maximum Gasteiger partial charge on any atom is 1.00 e. The first-order chi connectivity index (χ1) is 4.50. The number of hydrogen-bond acceptors (Lipinski definition) is 5. The van der Waals surface area contributed by atoms with Crippen molar-refractivity contribution in [2.75, 3.05) is 6.54 Å². The van der Waals surface area contributed by atoms with Gasteiger partial charge in [0.2, 0.25) is 0 Å². The van der Waals surface area contributed by atoms with Crippen LogP contribution in [-0.4, -0.2) is 6.54 Å². The summed E-state index contributed by atoms with van der Waals surface area (Å²) in [6, 6.07) is 0. The Hall–Kier alpha value is 2.65. The van der Waals surface area contributed by atoms with Gasteiger partial charge in [0.15, 0.2) is 0 Å². The van der Waals surface area contributed by atoms with Crippen LogP contribution in [0, 0.1) is 0 Å². The largest absolute Gasteiger partial charge is 1.00 e. The van der Waals surface area contributed by atoms with Crippen LogP contribution in [0.5, 0.6) is 0 Å². The molecule has 1 N–H and O–H groups in total. The SMILES string of the molecule is C1=CNCC1.O=P([O-])([O-])[O-].[Na+].[Na+].[Na+]. The van der Waals surface area contributed by atoms with Gasteiger partial charge in [0.25, 0.3) is 0 Å². The van der Waals surface area contributed by atoms with Crippen molar-refractivity contribution in [2.45, 2.75) is 6.42 Å².